The van der Waals surface area contributed by atoms with Crippen LogP contribution in [0, 0.1) is 10.1 Å². The van der Waals surface area contributed by atoms with E-state index in [0.717, 1.165) is 0 Å². The quantitative estimate of drug-likeness (QED) is 0.574. The maximum absolute atomic E-state index is 12.7. The number of hydrogen-bond acceptors (Lipinski definition) is 4. The molecule has 0 atom stereocenters. The first-order chi connectivity index (χ1) is 12.0. The number of methoxy groups -OCH3 is 1. The van der Waals surface area contributed by atoms with E-state index in [1.807, 2.05) is 18.2 Å². The largest absolute Gasteiger partial charge is 0.496 e. The van der Waals surface area contributed by atoms with Crippen molar-refractivity contribution in [1.29, 1.82) is 0 Å². The van der Waals surface area contributed by atoms with E-state index in [1.54, 1.807) is 12.1 Å². The number of aromatic nitrogens is 2. The monoisotopic (exact) mass is 337 g/mol. The molecule has 7 nitrogen and oxygen atoms in total. The minimum absolute atomic E-state index is 0.0865. The van der Waals surface area contributed by atoms with Crippen molar-refractivity contribution in [1.82, 2.24) is 9.78 Å². The third-order valence-corrected chi connectivity index (χ3v) is 3.74. The second-order valence-corrected chi connectivity index (χ2v) is 5.31. The molecule has 0 fully saturated rings. The lowest BCUT2D eigenvalue weighted by Crippen LogP contribution is -2.34. The topological polar surface area (TPSA) is 90.2 Å². The van der Waals surface area contributed by atoms with Crippen LogP contribution in [0.2, 0.25) is 0 Å². The van der Waals surface area contributed by atoms with Crippen molar-refractivity contribution in [2.45, 2.75) is 0 Å². The van der Waals surface area contributed by atoms with E-state index < -0.39 is 4.92 Å². The number of ether oxygens (including phenoxy) is 1. The highest BCUT2D eigenvalue weighted by Gasteiger charge is 2.11. The van der Waals surface area contributed by atoms with Crippen LogP contribution in [-0.4, -0.2) is 21.8 Å². The SMILES string of the molecule is C=c1[nH]n(-c2ccccc2)c(=O)/c1=C\c1cc([N+](=O)[O-])ccc1OC. The van der Waals surface area contributed by atoms with Crippen molar-refractivity contribution in [3.8, 4) is 11.4 Å². The van der Waals surface area contributed by atoms with Gasteiger partial charge in [0, 0.05) is 17.7 Å². The number of nitrogens with one attached hydrogen (secondary N) is 1. The van der Waals surface area contributed by atoms with Gasteiger partial charge in [-0.3, -0.25) is 20.0 Å². The number of hydrogen-bond donors (Lipinski definition) is 1. The lowest BCUT2D eigenvalue weighted by Gasteiger charge is -2.03. The molecule has 0 spiro atoms. The Morgan fingerprint density at radius 1 is 1.24 bits per heavy atom. The van der Waals surface area contributed by atoms with E-state index in [4.69, 9.17) is 4.74 Å². The summed E-state index contributed by atoms with van der Waals surface area (Å²) in [7, 11) is 1.46. The normalized spacial score (nSPS) is 11.5. The highest BCUT2D eigenvalue weighted by Crippen LogP contribution is 2.24. The van der Waals surface area contributed by atoms with E-state index in [1.165, 1.54) is 36.1 Å². The smallest absolute Gasteiger partial charge is 0.279 e. The fourth-order valence-electron chi connectivity index (χ4n) is 2.51. The molecule has 0 amide bonds. The van der Waals surface area contributed by atoms with E-state index >= 15 is 0 Å². The Labute approximate surface area is 142 Å². The molecule has 3 rings (SSSR count). The molecule has 1 heterocycles. The van der Waals surface area contributed by atoms with Gasteiger partial charge in [0.15, 0.2) is 0 Å². The highest BCUT2D eigenvalue weighted by atomic mass is 16.6. The molecule has 25 heavy (non-hydrogen) atoms. The predicted octanol–water partition coefficient (Wildman–Crippen LogP) is 1.32. The molecular weight excluding hydrogens is 322 g/mol. The van der Waals surface area contributed by atoms with Crippen LogP contribution >= 0.6 is 0 Å². The molecule has 7 heteroatoms. The van der Waals surface area contributed by atoms with Crippen LogP contribution < -0.4 is 20.9 Å². The zero-order valence-electron chi connectivity index (χ0n) is 13.4. The number of nitrogens with zero attached hydrogens (tertiary/aromatic N) is 2. The predicted molar refractivity (Wildman–Crippen MR) is 94.4 cm³/mol. The van der Waals surface area contributed by atoms with Crippen molar-refractivity contribution in [2.75, 3.05) is 7.11 Å². The van der Waals surface area contributed by atoms with E-state index in [2.05, 4.69) is 11.7 Å². The second-order valence-electron chi connectivity index (χ2n) is 5.31. The second kappa shape index (κ2) is 6.48. The van der Waals surface area contributed by atoms with Gasteiger partial charge in [-0.05, 0) is 24.3 Å². The van der Waals surface area contributed by atoms with E-state index in [-0.39, 0.29) is 11.2 Å². The number of para-hydroxylation sites is 1. The molecule has 0 saturated heterocycles. The molecule has 0 bridgehead atoms. The summed E-state index contributed by atoms with van der Waals surface area (Å²) in [6.45, 7) is 3.85. The Morgan fingerprint density at radius 2 is 1.96 bits per heavy atom. The van der Waals surface area contributed by atoms with Crippen LogP contribution in [0.3, 0.4) is 0 Å². The van der Waals surface area contributed by atoms with Gasteiger partial charge in [0.1, 0.15) is 5.75 Å². The Morgan fingerprint density at radius 3 is 2.60 bits per heavy atom. The van der Waals surface area contributed by atoms with Gasteiger partial charge in [-0.15, -0.1) is 0 Å². The van der Waals surface area contributed by atoms with Gasteiger partial charge in [0.25, 0.3) is 11.2 Å². The number of nitro groups is 1. The van der Waals surface area contributed by atoms with Crippen LogP contribution in [0.4, 0.5) is 5.69 Å². The summed E-state index contributed by atoms with van der Waals surface area (Å²) in [5.74, 6) is 0.428. The minimum atomic E-state index is -0.499. The summed E-state index contributed by atoms with van der Waals surface area (Å²) in [6.07, 6.45) is 1.53. The number of nitro benzene ring substituents is 1. The van der Waals surface area contributed by atoms with Crippen molar-refractivity contribution >= 4 is 18.3 Å². The van der Waals surface area contributed by atoms with Gasteiger partial charge in [-0.2, -0.15) is 0 Å². The number of H-pyrrole nitrogens is 1. The summed E-state index contributed by atoms with van der Waals surface area (Å²) in [5.41, 5.74) is 0.710. The van der Waals surface area contributed by atoms with Crippen molar-refractivity contribution in [3.05, 3.63) is 85.1 Å². The van der Waals surface area contributed by atoms with Crippen LogP contribution in [0.25, 0.3) is 18.3 Å². The minimum Gasteiger partial charge on any atom is -0.496 e. The average Bonchev–Trinajstić information content (AvgIpc) is 2.90. The Hall–Kier alpha value is -3.61. The molecule has 1 N–H and O–H groups in total. The molecule has 0 aliphatic rings. The fourth-order valence-corrected chi connectivity index (χ4v) is 2.51. The molecule has 3 aromatic rings. The number of rotatable bonds is 4. The molecule has 126 valence electrons. The highest BCUT2D eigenvalue weighted by molar-refractivity contribution is 5.61. The van der Waals surface area contributed by atoms with Gasteiger partial charge >= 0.3 is 0 Å². The van der Waals surface area contributed by atoms with Gasteiger partial charge < -0.3 is 4.74 Å². The van der Waals surface area contributed by atoms with E-state index in [0.29, 0.717) is 27.6 Å². The molecule has 0 aliphatic carbocycles. The van der Waals surface area contributed by atoms with Crippen LogP contribution in [0.1, 0.15) is 5.56 Å². The molecule has 0 saturated carbocycles. The first-order valence-corrected chi connectivity index (χ1v) is 7.41. The van der Waals surface area contributed by atoms with Crippen molar-refractivity contribution in [2.24, 2.45) is 0 Å². The van der Waals surface area contributed by atoms with E-state index in [9.17, 15) is 14.9 Å². The molecule has 0 unspecified atom stereocenters. The van der Waals surface area contributed by atoms with Crippen molar-refractivity contribution < 1.29 is 9.66 Å². The van der Waals surface area contributed by atoms with Gasteiger partial charge in [0.05, 0.1) is 28.3 Å². The van der Waals surface area contributed by atoms with Crippen LogP contribution in [-0.2, 0) is 0 Å². The molecule has 2 aromatic carbocycles. The third-order valence-electron chi connectivity index (χ3n) is 3.74. The summed E-state index contributed by atoms with van der Waals surface area (Å²) in [5, 5.41) is 14.6. The number of benzene rings is 2. The van der Waals surface area contributed by atoms with Gasteiger partial charge in [0.2, 0.25) is 0 Å². The van der Waals surface area contributed by atoms with Crippen molar-refractivity contribution in [3.63, 3.8) is 0 Å². The zero-order valence-corrected chi connectivity index (χ0v) is 13.4. The number of aromatic amines is 1. The Bertz CT molecular complexity index is 1100. The lowest BCUT2D eigenvalue weighted by molar-refractivity contribution is -0.384. The first kappa shape index (κ1) is 16.3. The van der Waals surface area contributed by atoms with Crippen LogP contribution in [0.5, 0.6) is 5.75 Å². The maximum Gasteiger partial charge on any atom is 0.279 e. The fraction of sp³-hybridized carbons (Fsp3) is 0.0556. The molecule has 0 aliphatic heterocycles. The molecule has 1 aromatic heterocycles. The average molecular weight is 337 g/mol. The first-order valence-electron chi connectivity index (χ1n) is 7.41. The summed E-state index contributed by atoms with van der Waals surface area (Å²) >= 11 is 0. The summed E-state index contributed by atoms with van der Waals surface area (Å²) in [6, 6.07) is 13.3. The standard InChI is InChI=1S/C18H15N3O4/c1-12-16(18(22)20(19-12)14-6-4-3-5-7-14)11-13-10-15(21(23)24)8-9-17(13)25-2/h3-11,19H,1H2,2H3/b16-11-. The molecule has 0 radical (unpaired) electrons. The van der Waals surface area contributed by atoms with Gasteiger partial charge in [-0.25, -0.2) is 4.68 Å². The van der Waals surface area contributed by atoms with Crippen LogP contribution in [0.15, 0.2) is 53.3 Å². The van der Waals surface area contributed by atoms with Gasteiger partial charge in [-0.1, -0.05) is 24.8 Å². The summed E-state index contributed by atoms with van der Waals surface area (Å²) in [4.78, 5) is 23.2. The maximum atomic E-state index is 12.7. The number of non-ortho nitro benzene ring substituents is 1. The Kier molecular flexibility index (Phi) is 4.21. The lowest BCUT2D eigenvalue weighted by atomic mass is 10.1. The summed E-state index contributed by atoms with van der Waals surface area (Å²) < 4.78 is 6.60. The zero-order chi connectivity index (χ0) is 18.0. The molecular formula is C18H15N3O4. The Balaban J connectivity index is 2.23. The third kappa shape index (κ3) is 3.07.